The first-order chi connectivity index (χ1) is 8.66. The highest BCUT2D eigenvalue weighted by Gasteiger charge is 2.04. The molecule has 4 heteroatoms. The highest BCUT2D eigenvalue weighted by molar-refractivity contribution is 5.37. The van der Waals surface area contributed by atoms with Crippen molar-refractivity contribution in [1.29, 1.82) is 0 Å². The minimum Gasteiger partial charge on any atom is -0.491 e. The van der Waals surface area contributed by atoms with Crippen molar-refractivity contribution in [3.8, 4) is 5.75 Å². The van der Waals surface area contributed by atoms with E-state index in [1.54, 1.807) is 6.20 Å². The van der Waals surface area contributed by atoms with Crippen LogP contribution in [-0.4, -0.2) is 16.4 Å². The van der Waals surface area contributed by atoms with Crippen molar-refractivity contribution < 1.29 is 4.74 Å². The molecule has 0 saturated carbocycles. The molecule has 96 valence electrons. The Morgan fingerprint density at radius 3 is 2.89 bits per heavy atom. The predicted molar refractivity (Wildman–Crippen MR) is 71.5 cm³/mol. The summed E-state index contributed by atoms with van der Waals surface area (Å²) in [5, 5.41) is 4.13. The molecule has 1 aromatic heterocycles. The van der Waals surface area contributed by atoms with E-state index in [-0.39, 0.29) is 6.04 Å². The fourth-order valence-corrected chi connectivity index (χ4v) is 1.80. The second-order valence-corrected chi connectivity index (χ2v) is 4.43. The van der Waals surface area contributed by atoms with Gasteiger partial charge in [0.15, 0.2) is 0 Å². The maximum Gasteiger partial charge on any atom is 0.122 e. The van der Waals surface area contributed by atoms with Crippen LogP contribution in [0.2, 0.25) is 0 Å². The average Bonchev–Trinajstić information content (AvgIpc) is 2.84. The quantitative estimate of drug-likeness (QED) is 0.879. The van der Waals surface area contributed by atoms with Crippen molar-refractivity contribution in [2.45, 2.75) is 26.4 Å². The van der Waals surface area contributed by atoms with Gasteiger partial charge in [0, 0.05) is 18.4 Å². The van der Waals surface area contributed by atoms with Crippen molar-refractivity contribution in [2.24, 2.45) is 5.73 Å². The molecule has 0 unspecified atom stereocenters. The fourth-order valence-electron chi connectivity index (χ4n) is 1.80. The van der Waals surface area contributed by atoms with Crippen LogP contribution in [0.4, 0.5) is 0 Å². The molecule has 18 heavy (non-hydrogen) atoms. The number of rotatable bonds is 5. The summed E-state index contributed by atoms with van der Waals surface area (Å²) < 4.78 is 7.60. The summed E-state index contributed by atoms with van der Waals surface area (Å²) in [7, 11) is 0. The lowest BCUT2D eigenvalue weighted by Gasteiger charge is -2.12. The normalized spacial score (nSPS) is 12.4. The Morgan fingerprint density at radius 2 is 2.28 bits per heavy atom. The minimum absolute atomic E-state index is 0.0572. The van der Waals surface area contributed by atoms with Crippen molar-refractivity contribution in [3.63, 3.8) is 0 Å². The van der Waals surface area contributed by atoms with Gasteiger partial charge >= 0.3 is 0 Å². The number of nitrogens with zero attached hydrogens (tertiary/aromatic N) is 2. The Kier molecular flexibility index (Phi) is 3.99. The van der Waals surface area contributed by atoms with Crippen LogP contribution in [0.3, 0.4) is 0 Å². The molecule has 0 radical (unpaired) electrons. The molecule has 0 bridgehead atoms. The van der Waals surface area contributed by atoms with E-state index in [4.69, 9.17) is 10.5 Å². The highest BCUT2D eigenvalue weighted by atomic mass is 16.5. The number of ether oxygens (including phenoxy) is 1. The Labute approximate surface area is 107 Å². The summed E-state index contributed by atoms with van der Waals surface area (Å²) in [6, 6.07) is 8.04. The fraction of sp³-hybridized carbons (Fsp3) is 0.357. The van der Waals surface area contributed by atoms with Crippen LogP contribution in [0.5, 0.6) is 5.75 Å². The molecule has 0 aliphatic heterocycles. The second kappa shape index (κ2) is 5.69. The van der Waals surface area contributed by atoms with E-state index in [0.29, 0.717) is 6.61 Å². The monoisotopic (exact) mass is 245 g/mol. The molecule has 1 heterocycles. The molecule has 0 amide bonds. The predicted octanol–water partition coefficient (Wildman–Crippen LogP) is 2.29. The van der Waals surface area contributed by atoms with Gasteiger partial charge in [-0.15, -0.1) is 0 Å². The number of hydrogen-bond acceptors (Lipinski definition) is 3. The molecular formula is C14H19N3O. The van der Waals surface area contributed by atoms with Crippen LogP contribution in [-0.2, 0) is 6.54 Å². The minimum atomic E-state index is 0.0572. The molecule has 0 fully saturated rings. The number of nitrogens with two attached hydrogens (primary N) is 1. The van der Waals surface area contributed by atoms with Crippen LogP contribution in [0.15, 0.2) is 36.7 Å². The zero-order valence-electron chi connectivity index (χ0n) is 10.8. The highest BCUT2D eigenvalue weighted by Crippen LogP contribution is 2.21. The third-order valence-electron chi connectivity index (χ3n) is 2.86. The van der Waals surface area contributed by atoms with Gasteiger partial charge in [-0.1, -0.05) is 12.1 Å². The van der Waals surface area contributed by atoms with Crippen LogP contribution in [0.1, 0.15) is 24.1 Å². The number of hydrogen-bond donors (Lipinski definition) is 1. The molecule has 2 aromatic rings. The van der Waals surface area contributed by atoms with Gasteiger partial charge in [-0.25, -0.2) is 0 Å². The number of benzene rings is 1. The molecule has 0 saturated heterocycles. The van der Waals surface area contributed by atoms with Crippen molar-refractivity contribution >= 4 is 0 Å². The topological polar surface area (TPSA) is 53.1 Å². The smallest absolute Gasteiger partial charge is 0.122 e. The van der Waals surface area contributed by atoms with E-state index >= 15 is 0 Å². The van der Waals surface area contributed by atoms with E-state index in [2.05, 4.69) is 11.2 Å². The van der Waals surface area contributed by atoms with E-state index in [9.17, 15) is 0 Å². The first-order valence-electron chi connectivity index (χ1n) is 6.13. The van der Waals surface area contributed by atoms with E-state index in [1.165, 1.54) is 0 Å². The zero-order chi connectivity index (χ0) is 13.0. The first kappa shape index (κ1) is 12.6. The van der Waals surface area contributed by atoms with Gasteiger partial charge < -0.3 is 10.5 Å². The number of aromatic nitrogens is 2. The lowest BCUT2D eigenvalue weighted by Crippen LogP contribution is -2.09. The van der Waals surface area contributed by atoms with Crippen LogP contribution in [0, 0.1) is 6.92 Å². The van der Waals surface area contributed by atoms with Gasteiger partial charge in [0.1, 0.15) is 12.4 Å². The standard InChI is InChI=1S/C14H19N3O/c1-11-10-13(12(2)15)4-5-14(11)18-9-8-17-7-3-6-16-17/h3-7,10,12H,8-9,15H2,1-2H3/t12-/m0/s1. The maximum absolute atomic E-state index is 5.84. The molecule has 0 spiro atoms. The Morgan fingerprint density at radius 1 is 1.44 bits per heavy atom. The van der Waals surface area contributed by atoms with E-state index < -0.39 is 0 Å². The van der Waals surface area contributed by atoms with Gasteiger partial charge in [-0.2, -0.15) is 5.10 Å². The third-order valence-corrected chi connectivity index (χ3v) is 2.86. The van der Waals surface area contributed by atoms with Crippen molar-refractivity contribution in [2.75, 3.05) is 6.61 Å². The lowest BCUT2D eigenvalue weighted by molar-refractivity contribution is 0.289. The van der Waals surface area contributed by atoms with Crippen molar-refractivity contribution in [3.05, 3.63) is 47.8 Å². The van der Waals surface area contributed by atoms with E-state index in [0.717, 1.165) is 23.4 Å². The molecule has 1 atom stereocenters. The molecular weight excluding hydrogens is 226 g/mol. The Bertz CT molecular complexity index is 492. The van der Waals surface area contributed by atoms with Gasteiger partial charge in [-0.05, 0) is 37.1 Å². The molecule has 4 nitrogen and oxygen atoms in total. The molecule has 2 N–H and O–H groups in total. The summed E-state index contributed by atoms with van der Waals surface area (Å²) in [6.45, 7) is 5.38. The van der Waals surface area contributed by atoms with Crippen molar-refractivity contribution in [1.82, 2.24) is 9.78 Å². The largest absolute Gasteiger partial charge is 0.491 e. The Balaban J connectivity index is 1.93. The number of aryl methyl sites for hydroxylation is 1. The summed E-state index contributed by atoms with van der Waals surface area (Å²) in [5.74, 6) is 0.909. The zero-order valence-corrected chi connectivity index (χ0v) is 10.8. The second-order valence-electron chi connectivity index (χ2n) is 4.43. The van der Waals surface area contributed by atoms with Gasteiger partial charge in [-0.3, -0.25) is 4.68 Å². The summed E-state index contributed by atoms with van der Waals surface area (Å²) in [6.07, 6.45) is 3.69. The summed E-state index contributed by atoms with van der Waals surface area (Å²) >= 11 is 0. The maximum atomic E-state index is 5.84. The molecule has 0 aliphatic carbocycles. The summed E-state index contributed by atoms with van der Waals surface area (Å²) in [5.41, 5.74) is 8.09. The van der Waals surface area contributed by atoms with Gasteiger partial charge in [0.2, 0.25) is 0 Å². The lowest BCUT2D eigenvalue weighted by atomic mass is 10.1. The average molecular weight is 245 g/mol. The van der Waals surface area contributed by atoms with Crippen LogP contribution >= 0.6 is 0 Å². The van der Waals surface area contributed by atoms with Gasteiger partial charge in [0.25, 0.3) is 0 Å². The van der Waals surface area contributed by atoms with Crippen LogP contribution in [0.25, 0.3) is 0 Å². The first-order valence-corrected chi connectivity index (χ1v) is 6.13. The SMILES string of the molecule is Cc1cc([C@H](C)N)ccc1OCCn1cccn1. The Hall–Kier alpha value is -1.81. The molecule has 2 rings (SSSR count). The van der Waals surface area contributed by atoms with Gasteiger partial charge in [0.05, 0.1) is 6.54 Å². The van der Waals surface area contributed by atoms with Crippen LogP contribution < -0.4 is 10.5 Å². The van der Waals surface area contributed by atoms with E-state index in [1.807, 2.05) is 42.9 Å². The summed E-state index contributed by atoms with van der Waals surface area (Å²) in [4.78, 5) is 0. The molecule has 1 aromatic carbocycles. The molecule has 0 aliphatic rings. The third kappa shape index (κ3) is 3.11.